The van der Waals surface area contributed by atoms with Crippen LogP contribution in [0.15, 0.2) is 0 Å². The molecule has 0 aromatic heterocycles. The van der Waals surface area contributed by atoms with Gasteiger partial charge in [-0.1, -0.05) is 0 Å². The Bertz CT molecular complexity index is 284. The van der Waals surface area contributed by atoms with Crippen molar-refractivity contribution >= 4 is 5.91 Å². The lowest BCUT2D eigenvalue weighted by Gasteiger charge is -2.39. The second kappa shape index (κ2) is 7.22. The van der Waals surface area contributed by atoms with Gasteiger partial charge in [0.15, 0.2) is 0 Å². The van der Waals surface area contributed by atoms with E-state index in [0.29, 0.717) is 12.6 Å². The Hall–Kier alpha value is -0.650. The van der Waals surface area contributed by atoms with Gasteiger partial charge in [-0.3, -0.25) is 4.79 Å². The molecule has 0 aromatic carbocycles. The first kappa shape index (κ1) is 14.8. The van der Waals surface area contributed by atoms with Crippen molar-refractivity contribution in [1.29, 1.82) is 0 Å². The summed E-state index contributed by atoms with van der Waals surface area (Å²) in [7, 11) is 2.12. The van der Waals surface area contributed by atoms with Gasteiger partial charge in [0.2, 0.25) is 5.91 Å². The highest BCUT2D eigenvalue weighted by molar-refractivity contribution is 5.79. The summed E-state index contributed by atoms with van der Waals surface area (Å²) in [5.41, 5.74) is 0. The third-order valence-corrected chi connectivity index (χ3v) is 4.40. The van der Waals surface area contributed by atoms with Crippen LogP contribution in [0, 0.1) is 5.92 Å². The maximum atomic E-state index is 12.6. The van der Waals surface area contributed by atoms with Gasteiger partial charge in [0, 0.05) is 19.1 Å². The third-order valence-electron chi connectivity index (χ3n) is 4.40. The fraction of sp³-hybridized carbons (Fsp3) is 0.929. The van der Waals surface area contributed by atoms with E-state index in [1.165, 1.54) is 0 Å². The van der Waals surface area contributed by atoms with E-state index in [2.05, 4.69) is 17.3 Å². The van der Waals surface area contributed by atoms with E-state index >= 15 is 0 Å². The molecule has 1 amide bonds. The minimum absolute atomic E-state index is 0.0677. The fourth-order valence-corrected chi connectivity index (χ4v) is 3.18. The maximum Gasteiger partial charge on any atom is 0.227 e. The number of nitrogens with one attached hydrogen (secondary N) is 1. The predicted octanol–water partition coefficient (Wildman–Crippen LogP) is -0.0989. The third kappa shape index (κ3) is 3.91. The first-order valence-corrected chi connectivity index (χ1v) is 7.53. The van der Waals surface area contributed by atoms with Crippen LogP contribution < -0.4 is 5.32 Å². The van der Waals surface area contributed by atoms with E-state index in [-0.39, 0.29) is 18.4 Å². The van der Waals surface area contributed by atoms with Crippen molar-refractivity contribution in [3.8, 4) is 0 Å². The molecule has 2 aliphatic rings. The van der Waals surface area contributed by atoms with Gasteiger partial charge < -0.3 is 20.2 Å². The zero-order valence-corrected chi connectivity index (χ0v) is 12.0. The van der Waals surface area contributed by atoms with Crippen molar-refractivity contribution in [2.75, 3.05) is 46.4 Å². The molecule has 0 saturated carbocycles. The fourth-order valence-electron chi connectivity index (χ4n) is 3.18. The van der Waals surface area contributed by atoms with Crippen LogP contribution in [0.2, 0.25) is 0 Å². The van der Waals surface area contributed by atoms with Crippen molar-refractivity contribution in [3.63, 3.8) is 0 Å². The van der Waals surface area contributed by atoms with E-state index in [9.17, 15) is 9.90 Å². The standard InChI is InChI=1S/C14H27N3O2/c1-16-7-4-13(5-8-16)17(9-10-18)14(19)12-3-2-6-15-11-12/h12-13,15,18H,2-11H2,1H3. The van der Waals surface area contributed by atoms with Crippen LogP contribution in [0.5, 0.6) is 0 Å². The number of piperidine rings is 2. The van der Waals surface area contributed by atoms with Gasteiger partial charge in [-0.2, -0.15) is 0 Å². The Balaban J connectivity index is 1.95. The zero-order valence-electron chi connectivity index (χ0n) is 12.0. The molecule has 2 saturated heterocycles. The van der Waals surface area contributed by atoms with Crippen LogP contribution in [0.25, 0.3) is 0 Å². The molecule has 0 spiro atoms. The predicted molar refractivity (Wildman–Crippen MR) is 74.9 cm³/mol. The lowest BCUT2D eigenvalue weighted by molar-refractivity contribution is -0.140. The number of carbonyl (C=O) groups is 1. The average molecular weight is 269 g/mol. The zero-order chi connectivity index (χ0) is 13.7. The van der Waals surface area contributed by atoms with Crippen LogP contribution in [0.3, 0.4) is 0 Å². The molecule has 110 valence electrons. The van der Waals surface area contributed by atoms with Gasteiger partial charge in [-0.25, -0.2) is 0 Å². The smallest absolute Gasteiger partial charge is 0.227 e. The summed E-state index contributed by atoms with van der Waals surface area (Å²) < 4.78 is 0. The first-order chi connectivity index (χ1) is 9.22. The van der Waals surface area contributed by atoms with Gasteiger partial charge in [0.05, 0.1) is 12.5 Å². The number of rotatable bonds is 4. The number of likely N-dealkylation sites (tertiary alicyclic amines) is 1. The van der Waals surface area contributed by atoms with E-state index in [1.807, 2.05) is 4.90 Å². The second-order valence-electron chi connectivity index (χ2n) is 5.83. The normalized spacial score (nSPS) is 26.3. The molecule has 1 unspecified atom stereocenters. The molecule has 2 heterocycles. The topological polar surface area (TPSA) is 55.8 Å². The molecule has 2 rings (SSSR count). The summed E-state index contributed by atoms with van der Waals surface area (Å²) in [4.78, 5) is 16.9. The molecule has 0 bridgehead atoms. The number of nitrogens with zero attached hydrogens (tertiary/aromatic N) is 2. The molecule has 2 aliphatic heterocycles. The summed E-state index contributed by atoms with van der Waals surface area (Å²) in [5, 5.41) is 12.6. The summed E-state index contributed by atoms with van der Waals surface area (Å²) in [6.07, 6.45) is 4.13. The first-order valence-electron chi connectivity index (χ1n) is 7.53. The summed E-state index contributed by atoms with van der Waals surface area (Å²) in [5.74, 6) is 0.357. The molecule has 5 heteroatoms. The van der Waals surface area contributed by atoms with Gasteiger partial charge in [0.25, 0.3) is 0 Å². The second-order valence-corrected chi connectivity index (χ2v) is 5.83. The molecule has 1 atom stereocenters. The highest BCUT2D eigenvalue weighted by Gasteiger charge is 2.31. The lowest BCUT2D eigenvalue weighted by atomic mass is 9.95. The molecule has 2 fully saturated rings. The number of aliphatic hydroxyl groups is 1. The van der Waals surface area contributed by atoms with Crippen LogP contribution in [-0.2, 0) is 4.79 Å². The van der Waals surface area contributed by atoms with Gasteiger partial charge in [0.1, 0.15) is 0 Å². The number of hydrogen-bond acceptors (Lipinski definition) is 4. The van der Waals surface area contributed by atoms with Crippen molar-refractivity contribution in [1.82, 2.24) is 15.1 Å². The Morgan fingerprint density at radius 3 is 2.68 bits per heavy atom. The van der Waals surface area contributed by atoms with Crippen LogP contribution >= 0.6 is 0 Å². The molecular formula is C14H27N3O2. The van der Waals surface area contributed by atoms with E-state index in [4.69, 9.17) is 0 Å². The largest absolute Gasteiger partial charge is 0.395 e. The molecule has 0 aromatic rings. The van der Waals surface area contributed by atoms with Crippen LogP contribution in [0.1, 0.15) is 25.7 Å². The molecular weight excluding hydrogens is 242 g/mol. The van der Waals surface area contributed by atoms with Crippen LogP contribution in [0.4, 0.5) is 0 Å². The molecule has 5 nitrogen and oxygen atoms in total. The summed E-state index contributed by atoms with van der Waals surface area (Å²) in [6.45, 7) is 4.47. The van der Waals surface area contributed by atoms with Gasteiger partial charge in [-0.15, -0.1) is 0 Å². The number of hydrogen-bond donors (Lipinski definition) is 2. The highest BCUT2D eigenvalue weighted by Crippen LogP contribution is 2.20. The number of amides is 1. The van der Waals surface area contributed by atoms with E-state index in [1.54, 1.807) is 0 Å². The monoisotopic (exact) mass is 269 g/mol. The van der Waals surface area contributed by atoms with E-state index in [0.717, 1.165) is 51.9 Å². The lowest BCUT2D eigenvalue weighted by Crippen LogP contribution is -2.51. The van der Waals surface area contributed by atoms with Crippen molar-refractivity contribution in [2.24, 2.45) is 5.92 Å². The van der Waals surface area contributed by atoms with E-state index < -0.39 is 0 Å². The maximum absolute atomic E-state index is 12.6. The molecule has 19 heavy (non-hydrogen) atoms. The average Bonchev–Trinajstić information content (AvgIpc) is 2.46. The Kier molecular flexibility index (Phi) is 5.60. The number of carbonyl (C=O) groups excluding carboxylic acids is 1. The summed E-state index contributed by atoms with van der Waals surface area (Å²) in [6, 6.07) is 0.317. The highest BCUT2D eigenvalue weighted by atomic mass is 16.3. The van der Waals surface area contributed by atoms with Crippen molar-refractivity contribution in [2.45, 2.75) is 31.7 Å². The number of aliphatic hydroxyl groups excluding tert-OH is 1. The molecule has 0 radical (unpaired) electrons. The Morgan fingerprint density at radius 2 is 2.11 bits per heavy atom. The summed E-state index contributed by atoms with van der Waals surface area (Å²) >= 11 is 0. The van der Waals surface area contributed by atoms with Crippen LogP contribution in [-0.4, -0.2) is 73.2 Å². The minimum Gasteiger partial charge on any atom is -0.395 e. The Morgan fingerprint density at radius 1 is 1.37 bits per heavy atom. The molecule has 2 N–H and O–H groups in total. The van der Waals surface area contributed by atoms with Crippen molar-refractivity contribution < 1.29 is 9.90 Å². The van der Waals surface area contributed by atoms with Crippen molar-refractivity contribution in [3.05, 3.63) is 0 Å². The SMILES string of the molecule is CN1CCC(N(CCO)C(=O)C2CCCNC2)CC1. The minimum atomic E-state index is 0.0677. The molecule has 0 aliphatic carbocycles. The Labute approximate surface area is 115 Å². The quantitative estimate of drug-likeness (QED) is 0.748. The van der Waals surface area contributed by atoms with Gasteiger partial charge >= 0.3 is 0 Å². The van der Waals surface area contributed by atoms with Gasteiger partial charge in [-0.05, 0) is 52.4 Å².